The van der Waals surface area contributed by atoms with Gasteiger partial charge >= 0.3 is 12.1 Å². The van der Waals surface area contributed by atoms with E-state index in [1.54, 1.807) is 13.8 Å². The van der Waals surface area contributed by atoms with Gasteiger partial charge in [-0.25, -0.2) is 0 Å². The zero-order chi connectivity index (χ0) is 22.8. The van der Waals surface area contributed by atoms with E-state index in [4.69, 9.17) is 17.0 Å². The van der Waals surface area contributed by atoms with E-state index in [-0.39, 0.29) is 16.9 Å². The number of alkyl halides is 3. The van der Waals surface area contributed by atoms with Crippen LogP contribution in [-0.4, -0.2) is 73.3 Å². The van der Waals surface area contributed by atoms with E-state index in [9.17, 15) is 38.1 Å². The van der Waals surface area contributed by atoms with Gasteiger partial charge in [-0.15, -0.1) is 0 Å². The lowest BCUT2D eigenvalue weighted by atomic mass is 10.1. The third-order valence-electron chi connectivity index (χ3n) is 4.44. The maximum absolute atomic E-state index is 13.0. The highest BCUT2D eigenvalue weighted by Crippen LogP contribution is 2.29. The SMILES string of the molecule is CC(C)=CCN(Cc1cn([C@@H]2O[C@H](CO)[C@H](O)C2O)c(=S)[nH]c1=O)C(=O)C(F)(F)F. The molecule has 0 spiro atoms. The van der Waals surface area contributed by atoms with Crippen LogP contribution in [-0.2, 0) is 16.1 Å². The smallest absolute Gasteiger partial charge is 0.394 e. The van der Waals surface area contributed by atoms with Crippen molar-refractivity contribution in [1.82, 2.24) is 14.5 Å². The fourth-order valence-corrected chi connectivity index (χ4v) is 3.08. The summed E-state index contributed by atoms with van der Waals surface area (Å²) in [6.45, 7) is 1.61. The van der Waals surface area contributed by atoms with Gasteiger partial charge in [-0.3, -0.25) is 19.1 Å². The van der Waals surface area contributed by atoms with Crippen molar-refractivity contribution in [1.29, 1.82) is 0 Å². The summed E-state index contributed by atoms with van der Waals surface area (Å²) in [4.78, 5) is 26.7. The van der Waals surface area contributed by atoms with Gasteiger partial charge in [-0.05, 0) is 26.1 Å². The number of aromatic amines is 1. The first-order chi connectivity index (χ1) is 13.9. The van der Waals surface area contributed by atoms with Crippen LogP contribution in [0.25, 0.3) is 0 Å². The maximum atomic E-state index is 13.0. The molecule has 0 aromatic carbocycles. The molecule has 0 aliphatic carbocycles. The number of rotatable bonds is 6. The number of allylic oxidation sites excluding steroid dienone is 1. The van der Waals surface area contributed by atoms with E-state index in [2.05, 4.69) is 4.98 Å². The van der Waals surface area contributed by atoms with Crippen molar-refractivity contribution in [2.45, 2.75) is 51.1 Å². The molecule has 1 aromatic rings. The van der Waals surface area contributed by atoms with Gasteiger partial charge in [0.25, 0.3) is 5.56 Å². The molecular formula is C17H22F3N3O6S. The Bertz CT molecular complexity index is 925. The Morgan fingerprint density at radius 3 is 2.50 bits per heavy atom. The molecule has 0 radical (unpaired) electrons. The van der Waals surface area contributed by atoms with E-state index in [0.717, 1.165) is 10.8 Å². The number of aliphatic hydroxyl groups is 3. The summed E-state index contributed by atoms with van der Waals surface area (Å²) in [7, 11) is 0. The van der Waals surface area contributed by atoms with Crippen LogP contribution in [0.15, 0.2) is 22.6 Å². The van der Waals surface area contributed by atoms with Crippen LogP contribution >= 0.6 is 12.2 Å². The molecular weight excluding hydrogens is 431 g/mol. The second kappa shape index (κ2) is 9.39. The number of hydrogen-bond donors (Lipinski definition) is 4. The molecule has 9 nitrogen and oxygen atoms in total. The number of ether oxygens (including phenoxy) is 1. The lowest BCUT2D eigenvalue weighted by Gasteiger charge is -2.24. The quantitative estimate of drug-likeness (QED) is 0.362. The van der Waals surface area contributed by atoms with E-state index in [0.29, 0.717) is 10.5 Å². The number of amides is 1. The molecule has 2 rings (SSSR count). The zero-order valence-corrected chi connectivity index (χ0v) is 16.9. The summed E-state index contributed by atoms with van der Waals surface area (Å²) in [5.74, 6) is -2.12. The van der Waals surface area contributed by atoms with Gasteiger partial charge in [-0.1, -0.05) is 11.6 Å². The molecule has 1 aliphatic rings. The maximum Gasteiger partial charge on any atom is 0.471 e. The van der Waals surface area contributed by atoms with Crippen LogP contribution in [0.3, 0.4) is 0 Å². The van der Waals surface area contributed by atoms with Crippen LogP contribution in [0.4, 0.5) is 13.2 Å². The van der Waals surface area contributed by atoms with E-state index >= 15 is 0 Å². The third-order valence-corrected chi connectivity index (χ3v) is 4.76. The molecule has 1 aliphatic heterocycles. The standard InChI is InChI=1S/C17H22F3N3O6S/c1-8(2)3-4-22(15(28)17(18,19)20)5-9-6-23(16(30)21-13(9)27)14-12(26)11(25)10(7-24)29-14/h3,6,10-12,14,24-26H,4-5,7H2,1-2H3,(H,21,27,30)/t10-,11+,12?,14-/m1/s1. The molecule has 0 bridgehead atoms. The fourth-order valence-electron chi connectivity index (χ4n) is 2.84. The average Bonchev–Trinajstić information content (AvgIpc) is 2.93. The first-order valence-electron chi connectivity index (χ1n) is 8.83. The monoisotopic (exact) mass is 453 g/mol. The first-order valence-corrected chi connectivity index (χ1v) is 9.24. The number of aromatic nitrogens is 2. The largest absolute Gasteiger partial charge is 0.471 e. The van der Waals surface area contributed by atoms with Gasteiger partial charge in [-0.2, -0.15) is 13.2 Å². The van der Waals surface area contributed by atoms with Gasteiger partial charge < -0.3 is 25.0 Å². The van der Waals surface area contributed by atoms with Gasteiger partial charge in [0.05, 0.1) is 18.7 Å². The highest BCUT2D eigenvalue weighted by atomic mass is 32.1. The number of aliphatic hydroxyl groups excluding tert-OH is 3. The topological polar surface area (TPSA) is 128 Å². The van der Waals surface area contributed by atoms with Crippen molar-refractivity contribution in [3.8, 4) is 0 Å². The van der Waals surface area contributed by atoms with E-state index < -0.39 is 55.3 Å². The number of nitrogens with zero attached hydrogens (tertiary/aromatic N) is 2. The molecule has 4 atom stereocenters. The second-order valence-corrected chi connectivity index (χ2v) is 7.40. The number of H-pyrrole nitrogens is 1. The number of carbonyl (C=O) groups excluding carboxylic acids is 1. The minimum absolute atomic E-state index is 0.225. The van der Waals surface area contributed by atoms with Crippen LogP contribution in [0.5, 0.6) is 0 Å². The van der Waals surface area contributed by atoms with Crippen LogP contribution in [0.2, 0.25) is 0 Å². The van der Waals surface area contributed by atoms with E-state index in [1.807, 2.05) is 0 Å². The van der Waals surface area contributed by atoms with Gasteiger partial charge in [0, 0.05) is 12.7 Å². The van der Waals surface area contributed by atoms with Crippen molar-refractivity contribution in [3.63, 3.8) is 0 Å². The highest BCUT2D eigenvalue weighted by Gasteiger charge is 2.44. The van der Waals surface area contributed by atoms with Crippen molar-refractivity contribution >= 4 is 18.1 Å². The molecule has 1 saturated heterocycles. The molecule has 0 saturated carbocycles. The van der Waals surface area contributed by atoms with E-state index in [1.165, 1.54) is 6.08 Å². The molecule has 30 heavy (non-hydrogen) atoms. The van der Waals surface area contributed by atoms with Crippen molar-refractivity contribution in [2.24, 2.45) is 0 Å². The average molecular weight is 453 g/mol. The minimum atomic E-state index is -5.14. The summed E-state index contributed by atoms with van der Waals surface area (Å²) < 4.78 is 45.1. The number of nitrogens with one attached hydrogen (secondary N) is 1. The number of carbonyl (C=O) groups is 1. The summed E-state index contributed by atoms with van der Waals surface area (Å²) in [6, 6.07) is 0. The normalized spacial score (nSPS) is 24.0. The van der Waals surface area contributed by atoms with Crippen LogP contribution in [0.1, 0.15) is 25.6 Å². The van der Waals surface area contributed by atoms with Crippen LogP contribution < -0.4 is 5.56 Å². The Hall–Kier alpha value is -2.06. The zero-order valence-electron chi connectivity index (χ0n) is 16.1. The predicted octanol–water partition coefficient (Wildman–Crippen LogP) is 0.374. The van der Waals surface area contributed by atoms with Gasteiger partial charge in [0.2, 0.25) is 0 Å². The van der Waals surface area contributed by atoms with Crippen LogP contribution in [0, 0.1) is 4.77 Å². The molecule has 13 heteroatoms. The highest BCUT2D eigenvalue weighted by molar-refractivity contribution is 7.71. The lowest BCUT2D eigenvalue weighted by molar-refractivity contribution is -0.185. The molecule has 4 N–H and O–H groups in total. The number of halogens is 3. The molecule has 1 aromatic heterocycles. The Balaban J connectivity index is 2.42. The molecule has 1 fully saturated rings. The predicted molar refractivity (Wildman–Crippen MR) is 99.8 cm³/mol. The van der Waals surface area contributed by atoms with Crippen molar-refractivity contribution in [2.75, 3.05) is 13.2 Å². The number of hydrogen-bond acceptors (Lipinski definition) is 7. The molecule has 1 unspecified atom stereocenters. The van der Waals surface area contributed by atoms with Crippen molar-refractivity contribution in [3.05, 3.63) is 38.5 Å². The fraction of sp³-hybridized carbons (Fsp3) is 0.588. The third kappa shape index (κ3) is 5.35. The Morgan fingerprint density at radius 1 is 1.37 bits per heavy atom. The van der Waals surface area contributed by atoms with Gasteiger partial charge in [0.15, 0.2) is 11.0 Å². The summed E-state index contributed by atoms with van der Waals surface area (Å²) >= 11 is 5.01. The summed E-state index contributed by atoms with van der Waals surface area (Å²) in [6.07, 6.45) is -8.07. The Labute approximate surface area is 174 Å². The Morgan fingerprint density at radius 2 is 2.00 bits per heavy atom. The summed E-state index contributed by atoms with van der Waals surface area (Å²) in [5.41, 5.74) is -0.396. The minimum Gasteiger partial charge on any atom is -0.394 e. The first kappa shape index (κ1) is 24.2. The molecule has 2 heterocycles. The second-order valence-electron chi connectivity index (χ2n) is 7.01. The van der Waals surface area contributed by atoms with Gasteiger partial charge in [0.1, 0.15) is 18.3 Å². The molecule has 1 amide bonds. The van der Waals surface area contributed by atoms with Crippen molar-refractivity contribution < 1.29 is 38.0 Å². The molecule has 168 valence electrons. The lowest BCUT2D eigenvalue weighted by Crippen LogP contribution is -2.42. The summed E-state index contributed by atoms with van der Waals surface area (Å²) in [5, 5.41) is 29.2. The Kier molecular flexibility index (Phi) is 7.58.